The van der Waals surface area contributed by atoms with Gasteiger partial charge in [0.1, 0.15) is 0 Å². The average molecular weight is 378 g/mol. The molecule has 0 heterocycles. The molecule has 4 heteroatoms. The molecular weight excluding hydrogens is 354 g/mol. The molecule has 0 amide bonds. The minimum absolute atomic E-state index is 0.258. The summed E-state index contributed by atoms with van der Waals surface area (Å²) in [4.78, 5) is 0.293. The van der Waals surface area contributed by atoms with Crippen LogP contribution in [-0.4, -0.2) is 15.0 Å². The molecule has 0 unspecified atom stereocenters. The van der Waals surface area contributed by atoms with Gasteiger partial charge in [0, 0.05) is 0 Å². The number of rotatable bonds is 6. The molecule has 138 valence electrons. The molecule has 0 radical (unpaired) electrons. The van der Waals surface area contributed by atoms with E-state index in [1.807, 2.05) is 92.7 Å². The van der Waals surface area contributed by atoms with Gasteiger partial charge in [-0.2, -0.15) is 0 Å². The van der Waals surface area contributed by atoms with Crippen LogP contribution in [0.25, 0.3) is 6.08 Å². The Bertz CT molecular complexity index is 1010. The maximum absolute atomic E-state index is 13.3. The van der Waals surface area contributed by atoms with Gasteiger partial charge < -0.3 is 0 Å². The Labute approximate surface area is 161 Å². The van der Waals surface area contributed by atoms with Crippen LogP contribution in [0.15, 0.2) is 89.8 Å². The molecule has 0 aliphatic heterocycles. The number of nitrogens with zero attached hydrogens (tertiary/aromatic N) is 1. The van der Waals surface area contributed by atoms with Crippen LogP contribution in [0, 0.1) is 13.8 Å². The summed E-state index contributed by atoms with van der Waals surface area (Å²) < 4.78 is 28.0. The van der Waals surface area contributed by atoms with E-state index in [4.69, 9.17) is 0 Å². The van der Waals surface area contributed by atoms with Crippen molar-refractivity contribution in [2.45, 2.75) is 18.7 Å². The number of sulfonamides is 1. The van der Waals surface area contributed by atoms with Crippen LogP contribution < -0.4 is 4.31 Å². The second-order valence-corrected chi connectivity index (χ2v) is 8.36. The van der Waals surface area contributed by atoms with Crippen LogP contribution in [0.2, 0.25) is 0 Å². The summed E-state index contributed by atoms with van der Waals surface area (Å²) in [6.45, 7) is 4.18. The normalized spacial score (nSPS) is 11.6. The summed E-state index contributed by atoms with van der Waals surface area (Å²) in [5.41, 5.74) is 3.80. The molecule has 3 aromatic rings. The van der Waals surface area contributed by atoms with Gasteiger partial charge in [-0.05, 0) is 43.7 Å². The number of anilines is 1. The lowest BCUT2D eigenvalue weighted by Gasteiger charge is -2.23. The minimum atomic E-state index is -3.66. The first-order chi connectivity index (χ1) is 13.0. The van der Waals surface area contributed by atoms with E-state index in [9.17, 15) is 8.42 Å². The smallest absolute Gasteiger partial charge is 0.263 e. The largest absolute Gasteiger partial charge is 0.264 e. The molecule has 0 aliphatic carbocycles. The molecular formula is C23H23NO2S. The Balaban J connectivity index is 1.95. The van der Waals surface area contributed by atoms with E-state index in [-0.39, 0.29) is 6.54 Å². The van der Waals surface area contributed by atoms with Crippen molar-refractivity contribution in [2.24, 2.45) is 0 Å². The van der Waals surface area contributed by atoms with Crippen molar-refractivity contribution >= 4 is 21.8 Å². The summed E-state index contributed by atoms with van der Waals surface area (Å²) in [5, 5.41) is 0. The molecule has 0 aromatic heterocycles. The van der Waals surface area contributed by atoms with E-state index in [0.29, 0.717) is 10.6 Å². The van der Waals surface area contributed by atoms with Crippen molar-refractivity contribution < 1.29 is 8.42 Å². The minimum Gasteiger partial charge on any atom is -0.263 e. The van der Waals surface area contributed by atoms with Crippen LogP contribution in [0.5, 0.6) is 0 Å². The predicted octanol–water partition coefficient (Wildman–Crippen LogP) is 5.21. The Morgan fingerprint density at radius 3 is 1.93 bits per heavy atom. The van der Waals surface area contributed by atoms with Crippen LogP contribution in [0.4, 0.5) is 5.69 Å². The van der Waals surface area contributed by atoms with E-state index in [1.54, 1.807) is 12.1 Å². The first-order valence-electron chi connectivity index (χ1n) is 8.84. The van der Waals surface area contributed by atoms with Crippen LogP contribution >= 0.6 is 0 Å². The highest BCUT2D eigenvalue weighted by molar-refractivity contribution is 7.92. The standard InChI is InChI=1S/C23H23NO2S/c1-19-10-14-22(15-11-19)24(18-6-9-21-7-4-3-5-8-21)27(25,26)23-16-12-20(2)13-17-23/h3-17H,18H2,1-2H3/b9-6+. The second-order valence-electron chi connectivity index (χ2n) is 6.50. The summed E-state index contributed by atoms with van der Waals surface area (Å²) in [6, 6.07) is 24.3. The number of hydrogen-bond donors (Lipinski definition) is 0. The van der Waals surface area contributed by atoms with Crippen molar-refractivity contribution in [1.29, 1.82) is 0 Å². The van der Waals surface area contributed by atoms with E-state index < -0.39 is 10.0 Å². The third kappa shape index (κ3) is 4.66. The number of hydrogen-bond acceptors (Lipinski definition) is 2. The van der Waals surface area contributed by atoms with Crippen molar-refractivity contribution in [3.05, 3.63) is 102 Å². The van der Waals surface area contributed by atoms with Gasteiger partial charge in [0.05, 0.1) is 17.1 Å². The van der Waals surface area contributed by atoms with Crippen molar-refractivity contribution in [3.63, 3.8) is 0 Å². The third-order valence-corrected chi connectivity index (χ3v) is 6.12. The Kier molecular flexibility index (Phi) is 5.77. The highest BCUT2D eigenvalue weighted by Crippen LogP contribution is 2.24. The highest BCUT2D eigenvalue weighted by Gasteiger charge is 2.23. The molecule has 3 rings (SSSR count). The molecule has 27 heavy (non-hydrogen) atoms. The van der Waals surface area contributed by atoms with Gasteiger partial charge in [0.2, 0.25) is 0 Å². The molecule has 0 atom stereocenters. The zero-order valence-electron chi connectivity index (χ0n) is 15.5. The van der Waals surface area contributed by atoms with Crippen molar-refractivity contribution in [3.8, 4) is 0 Å². The van der Waals surface area contributed by atoms with E-state index in [0.717, 1.165) is 16.7 Å². The molecule has 0 N–H and O–H groups in total. The van der Waals surface area contributed by atoms with E-state index >= 15 is 0 Å². The van der Waals surface area contributed by atoms with E-state index in [2.05, 4.69) is 0 Å². The molecule has 0 saturated heterocycles. The van der Waals surface area contributed by atoms with Crippen LogP contribution in [0.1, 0.15) is 16.7 Å². The average Bonchev–Trinajstić information content (AvgIpc) is 2.67. The van der Waals surface area contributed by atoms with Gasteiger partial charge in [-0.25, -0.2) is 8.42 Å². The van der Waals surface area contributed by atoms with Crippen molar-refractivity contribution in [2.75, 3.05) is 10.8 Å². The lowest BCUT2D eigenvalue weighted by Crippen LogP contribution is -2.31. The van der Waals surface area contributed by atoms with Crippen LogP contribution in [0.3, 0.4) is 0 Å². The quantitative estimate of drug-likeness (QED) is 0.591. The van der Waals surface area contributed by atoms with Gasteiger partial charge in [0.15, 0.2) is 0 Å². The van der Waals surface area contributed by atoms with Gasteiger partial charge in [-0.3, -0.25) is 4.31 Å². The first kappa shape index (κ1) is 18.9. The molecule has 0 spiro atoms. The Hall–Kier alpha value is -2.85. The SMILES string of the molecule is Cc1ccc(N(C/C=C/c2ccccc2)S(=O)(=O)c2ccc(C)cc2)cc1. The third-order valence-electron chi connectivity index (χ3n) is 4.31. The fraction of sp³-hybridized carbons (Fsp3) is 0.130. The summed E-state index contributed by atoms with van der Waals surface area (Å²) >= 11 is 0. The maximum Gasteiger partial charge on any atom is 0.264 e. The molecule has 0 fully saturated rings. The van der Waals surface area contributed by atoms with Crippen molar-refractivity contribution in [1.82, 2.24) is 0 Å². The monoisotopic (exact) mass is 377 g/mol. The molecule has 0 bridgehead atoms. The predicted molar refractivity (Wildman–Crippen MR) is 112 cm³/mol. The fourth-order valence-electron chi connectivity index (χ4n) is 2.74. The van der Waals surface area contributed by atoms with Gasteiger partial charge in [-0.15, -0.1) is 0 Å². The number of aryl methyl sites for hydroxylation is 2. The lowest BCUT2D eigenvalue weighted by atomic mass is 10.2. The second kappa shape index (κ2) is 8.23. The molecule has 3 nitrogen and oxygen atoms in total. The summed E-state index contributed by atoms with van der Waals surface area (Å²) in [7, 11) is -3.66. The van der Waals surface area contributed by atoms with Gasteiger partial charge in [0.25, 0.3) is 10.0 Å². The van der Waals surface area contributed by atoms with E-state index in [1.165, 1.54) is 4.31 Å². The summed E-state index contributed by atoms with van der Waals surface area (Å²) in [5.74, 6) is 0. The lowest BCUT2D eigenvalue weighted by molar-refractivity contribution is 0.593. The molecule has 3 aromatic carbocycles. The zero-order chi connectivity index (χ0) is 19.3. The Morgan fingerprint density at radius 1 is 0.778 bits per heavy atom. The number of benzene rings is 3. The fourth-order valence-corrected chi connectivity index (χ4v) is 4.16. The van der Waals surface area contributed by atoms with Crippen LogP contribution in [-0.2, 0) is 10.0 Å². The molecule has 0 aliphatic rings. The van der Waals surface area contributed by atoms with Gasteiger partial charge in [-0.1, -0.05) is 77.9 Å². The summed E-state index contributed by atoms with van der Waals surface area (Å²) in [6.07, 6.45) is 3.81. The molecule has 0 saturated carbocycles. The zero-order valence-corrected chi connectivity index (χ0v) is 16.4. The first-order valence-corrected chi connectivity index (χ1v) is 10.3. The topological polar surface area (TPSA) is 37.4 Å². The Morgan fingerprint density at radius 2 is 1.33 bits per heavy atom. The maximum atomic E-state index is 13.3. The van der Waals surface area contributed by atoms with Gasteiger partial charge >= 0.3 is 0 Å². The highest BCUT2D eigenvalue weighted by atomic mass is 32.2.